The summed E-state index contributed by atoms with van der Waals surface area (Å²) in [6.45, 7) is -1.38. The zero-order chi connectivity index (χ0) is 8.36. The van der Waals surface area contributed by atoms with E-state index in [2.05, 4.69) is 0 Å². The molecule has 0 aliphatic carbocycles. The van der Waals surface area contributed by atoms with Gasteiger partial charge in [-0.05, 0) is 11.9 Å². The van der Waals surface area contributed by atoms with E-state index in [1.165, 1.54) is 0 Å². The highest BCUT2D eigenvalue weighted by atomic mass is 19.4. The number of rotatable bonds is 3. The average molecular weight is 154 g/mol. The van der Waals surface area contributed by atoms with E-state index in [1.807, 2.05) is 0 Å². The van der Waals surface area contributed by atoms with Gasteiger partial charge in [0.2, 0.25) is 0 Å². The molecule has 1 atom stereocenters. The molecule has 0 fully saturated rings. The minimum atomic E-state index is -4.82. The molecule has 1 nitrogen and oxygen atoms in total. The molecule has 0 heterocycles. The SMILES string of the molecule is CC(C)C[C@H](N)[B-](F)(F)F. The Balaban J connectivity index is 3.73. The standard InChI is InChI=1S/C5H12BF3N/c1-4(2)3-5(10)6(7,8)9/h4-5H,3,10H2,1-2H3/q-1/t5-/m0/s1. The Morgan fingerprint density at radius 3 is 1.80 bits per heavy atom. The molecule has 5 heteroatoms. The molecule has 0 amide bonds. The zero-order valence-electron chi connectivity index (χ0n) is 6.15. The van der Waals surface area contributed by atoms with Crippen molar-refractivity contribution in [2.75, 3.05) is 0 Å². The quantitative estimate of drug-likeness (QED) is 0.615. The first kappa shape index (κ1) is 9.81. The largest absolute Gasteiger partial charge is 0.494 e. The Bertz CT molecular complexity index is 102. The summed E-state index contributed by atoms with van der Waals surface area (Å²) in [5, 5.41) is 0. The highest BCUT2D eigenvalue weighted by molar-refractivity contribution is 6.60. The molecule has 10 heavy (non-hydrogen) atoms. The average Bonchev–Trinajstić information content (AvgIpc) is 1.60. The molecule has 0 saturated heterocycles. The van der Waals surface area contributed by atoms with E-state index >= 15 is 0 Å². The maximum atomic E-state index is 11.7. The molecule has 62 valence electrons. The van der Waals surface area contributed by atoms with Crippen molar-refractivity contribution in [3.63, 3.8) is 0 Å². The van der Waals surface area contributed by atoms with Gasteiger partial charge in [0.05, 0.1) is 0 Å². The second-order valence-electron chi connectivity index (χ2n) is 2.92. The second kappa shape index (κ2) is 3.28. The van der Waals surface area contributed by atoms with E-state index in [4.69, 9.17) is 5.73 Å². The maximum Gasteiger partial charge on any atom is 0.494 e. The molecule has 0 bridgehead atoms. The number of halogens is 3. The van der Waals surface area contributed by atoms with Crippen LogP contribution in [-0.4, -0.2) is 12.9 Å². The molecular weight excluding hydrogens is 142 g/mol. The fourth-order valence-electron chi connectivity index (χ4n) is 0.699. The smallest absolute Gasteiger partial charge is 0.448 e. The molecule has 0 aromatic heterocycles. The Morgan fingerprint density at radius 1 is 1.30 bits per heavy atom. The van der Waals surface area contributed by atoms with Crippen LogP contribution in [0.4, 0.5) is 12.9 Å². The third-order valence-electron chi connectivity index (χ3n) is 1.23. The molecule has 0 aromatic carbocycles. The van der Waals surface area contributed by atoms with Crippen molar-refractivity contribution < 1.29 is 12.9 Å². The van der Waals surface area contributed by atoms with Crippen molar-refractivity contribution >= 4 is 6.98 Å². The van der Waals surface area contributed by atoms with Crippen molar-refractivity contribution in [2.24, 2.45) is 11.7 Å². The van der Waals surface area contributed by atoms with Gasteiger partial charge in [-0.25, -0.2) is 0 Å². The molecule has 0 unspecified atom stereocenters. The van der Waals surface area contributed by atoms with Gasteiger partial charge in [-0.1, -0.05) is 20.3 Å². The zero-order valence-corrected chi connectivity index (χ0v) is 6.15. The van der Waals surface area contributed by atoms with Crippen LogP contribution >= 0.6 is 0 Å². The first-order valence-corrected chi connectivity index (χ1v) is 3.29. The third-order valence-corrected chi connectivity index (χ3v) is 1.23. The van der Waals surface area contributed by atoms with Crippen molar-refractivity contribution in [3.8, 4) is 0 Å². The molecular formula is C5H12BF3N-. The van der Waals surface area contributed by atoms with Gasteiger partial charge in [0.1, 0.15) is 0 Å². The van der Waals surface area contributed by atoms with Gasteiger partial charge in [-0.3, -0.25) is 0 Å². The third kappa shape index (κ3) is 3.77. The van der Waals surface area contributed by atoms with Crippen molar-refractivity contribution in [1.82, 2.24) is 0 Å². The van der Waals surface area contributed by atoms with E-state index in [-0.39, 0.29) is 12.3 Å². The monoisotopic (exact) mass is 154 g/mol. The van der Waals surface area contributed by atoms with Crippen LogP contribution in [0.5, 0.6) is 0 Å². The van der Waals surface area contributed by atoms with E-state index in [0.717, 1.165) is 0 Å². The van der Waals surface area contributed by atoms with Crippen LogP contribution in [-0.2, 0) is 0 Å². The first-order valence-electron chi connectivity index (χ1n) is 3.29. The van der Waals surface area contributed by atoms with Crippen LogP contribution in [0.15, 0.2) is 0 Å². The summed E-state index contributed by atoms with van der Waals surface area (Å²) < 4.78 is 35.2. The highest BCUT2D eigenvalue weighted by Crippen LogP contribution is 2.17. The van der Waals surface area contributed by atoms with Crippen molar-refractivity contribution in [1.29, 1.82) is 0 Å². The summed E-state index contributed by atoms with van der Waals surface area (Å²) in [5.41, 5.74) is 4.85. The van der Waals surface area contributed by atoms with Crippen LogP contribution < -0.4 is 5.73 Å². The fourth-order valence-corrected chi connectivity index (χ4v) is 0.699. The fraction of sp³-hybridized carbons (Fsp3) is 1.00. The highest BCUT2D eigenvalue weighted by Gasteiger charge is 2.31. The Labute approximate surface area is 58.8 Å². The van der Waals surface area contributed by atoms with E-state index < -0.39 is 12.9 Å². The predicted octanol–water partition coefficient (Wildman–Crippen LogP) is 1.75. The van der Waals surface area contributed by atoms with Crippen LogP contribution in [0.25, 0.3) is 0 Å². The lowest BCUT2D eigenvalue weighted by atomic mass is 9.76. The molecule has 0 rings (SSSR count). The summed E-state index contributed by atoms with van der Waals surface area (Å²) in [6.07, 6.45) is 0.0312. The molecule has 0 aliphatic rings. The van der Waals surface area contributed by atoms with Gasteiger partial charge >= 0.3 is 6.98 Å². The van der Waals surface area contributed by atoms with Gasteiger partial charge in [-0.2, -0.15) is 0 Å². The summed E-state index contributed by atoms with van der Waals surface area (Å²) in [6, 6.07) is 0. The number of nitrogens with two attached hydrogens (primary N) is 1. The molecule has 0 aliphatic heterocycles. The second-order valence-corrected chi connectivity index (χ2v) is 2.92. The van der Waals surface area contributed by atoms with Crippen LogP contribution in [0.1, 0.15) is 20.3 Å². The van der Waals surface area contributed by atoms with Crippen molar-refractivity contribution in [2.45, 2.75) is 26.2 Å². The summed E-state index contributed by atoms with van der Waals surface area (Å²) >= 11 is 0. The molecule has 0 radical (unpaired) electrons. The van der Waals surface area contributed by atoms with E-state index in [9.17, 15) is 12.9 Å². The lowest BCUT2D eigenvalue weighted by molar-refractivity contribution is 0.407. The normalized spacial score (nSPS) is 15.9. The van der Waals surface area contributed by atoms with Crippen LogP contribution in [0, 0.1) is 5.92 Å². The lowest BCUT2D eigenvalue weighted by Crippen LogP contribution is -2.43. The predicted molar refractivity (Wildman–Crippen MR) is 36.5 cm³/mol. The van der Waals surface area contributed by atoms with Gasteiger partial charge in [0.25, 0.3) is 0 Å². The molecule has 2 N–H and O–H groups in total. The minimum Gasteiger partial charge on any atom is -0.448 e. The van der Waals surface area contributed by atoms with Gasteiger partial charge in [0, 0.05) is 0 Å². The molecule has 0 saturated carbocycles. The molecule has 0 aromatic rings. The number of hydrogen-bond acceptors (Lipinski definition) is 1. The Morgan fingerprint density at radius 2 is 1.70 bits per heavy atom. The van der Waals surface area contributed by atoms with Crippen molar-refractivity contribution in [3.05, 3.63) is 0 Å². The number of hydrogen-bond donors (Lipinski definition) is 1. The Kier molecular flexibility index (Phi) is 3.22. The topological polar surface area (TPSA) is 26.0 Å². The minimum absolute atomic E-state index is 0.0125. The van der Waals surface area contributed by atoms with Crippen LogP contribution in [0.3, 0.4) is 0 Å². The van der Waals surface area contributed by atoms with Gasteiger partial charge in [0.15, 0.2) is 0 Å². The molecule has 0 spiro atoms. The summed E-state index contributed by atoms with van der Waals surface area (Å²) in [4.78, 5) is 0. The van der Waals surface area contributed by atoms with Gasteiger partial charge in [-0.15, -0.1) is 0 Å². The lowest BCUT2D eigenvalue weighted by Gasteiger charge is -2.23. The van der Waals surface area contributed by atoms with Gasteiger partial charge < -0.3 is 18.7 Å². The van der Waals surface area contributed by atoms with E-state index in [0.29, 0.717) is 0 Å². The first-order chi connectivity index (χ1) is 4.34. The van der Waals surface area contributed by atoms with Crippen LogP contribution in [0.2, 0.25) is 0 Å². The summed E-state index contributed by atoms with van der Waals surface area (Å²) in [5.74, 6) is -1.58. The Hall–Kier alpha value is -0.185. The van der Waals surface area contributed by atoms with E-state index in [1.54, 1.807) is 13.8 Å². The summed E-state index contributed by atoms with van der Waals surface area (Å²) in [7, 11) is 0. The maximum absolute atomic E-state index is 11.7.